The van der Waals surface area contributed by atoms with Crippen LogP contribution < -0.4 is 0 Å². The Hall–Kier alpha value is -2.90. The van der Waals surface area contributed by atoms with E-state index in [9.17, 15) is 22.1 Å². The summed E-state index contributed by atoms with van der Waals surface area (Å²) < 4.78 is 45.6. The lowest BCUT2D eigenvalue weighted by molar-refractivity contribution is 0.0582. The summed E-state index contributed by atoms with van der Waals surface area (Å²) in [6.45, 7) is 4.34. The summed E-state index contributed by atoms with van der Waals surface area (Å²) in [5.41, 5.74) is 2.52. The van der Waals surface area contributed by atoms with Crippen LogP contribution in [0.5, 0.6) is 0 Å². The van der Waals surface area contributed by atoms with Crippen molar-refractivity contribution in [2.75, 3.05) is 7.11 Å². The SMILES string of the molecule is COC(=O)c1c([N+]#N)ncn1C1c2ccccc2CCC1(C)C.F[B-](F)(F)F. The van der Waals surface area contributed by atoms with Crippen LogP contribution in [0.25, 0.3) is 4.98 Å². The molecule has 0 N–H and O–H groups in total. The van der Waals surface area contributed by atoms with Crippen molar-refractivity contribution in [1.82, 2.24) is 9.55 Å². The predicted molar refractivity (Wildman–Crippen MR) is 95.2 cm³/mol. The third-order valence-corrected chi connectivity index (χ3v) is 4.65. The highest BCUT2D eigenvalue weighted by Crippen LogP contribution is 2.47. The van der Waals surface area contributed by atoms with Crippen LogP contribution in [0, 0.1) is 10.8 Å². The molecule has 0 fully saturated rings. The van der Waals surface area contributed by atoms with Crippen molar-refractivity contribution in [2.24, 2.45) is 5.41 Å². The second kappa shape index (κ2) is 8.00. The number of carbonyl (C=O) groups is 1. The Morgan fingerprint density at radius 2 is 1.93 bits per heavy atom. The van der Waals surface area contributed by atoms with Gasteiger partial charge >= 0.3 is 19.0 Å². The van der Waals surface area contributed by atoms with E-state index in [2.05, 4.69) is 35.9 Å². The number of rotatable bonds is 2. The second-order valence-electron chi connectivity index (χ2n) is 7.00. The summed E-state index contributed by atoms with van der Waals surface area (Å²) in [6.07, 6.45) is 3.54. The Kier molecular flexibility index (Phi) is 6.12. The zero-order chi connectivity index (χ0) is 21.1. The highest BCUT2D eigenvalue weighted by Gasteiger charge is 2.42. The monoisotopic (exact) mass is 398 g/mol. The average molecular weight is 398 g/mol. The maximum absolute atomic E-state index is 12.2. The van der Waals surface area contributed by atoms with Gasteiger partial charge < -0.3 is 22.0 Å². The van der Waals surface area contributed by atoms with E-state index < -0.39 is 13.2 Å². The number of carbonyl (C=O) groups excluding carboxylic acids is 1. The lowest BCUT2D eigenvalue weighted by atomic mass is 9.70. The Morgan fingerprint density at radius 1 is 1.32 bits per heavy atom. The van der Waals surface area contributed by atoms with Crippen molar-refractivity contribution in [3.8, 4) is 0 Å². The molecule has 1 aromatic carbocycles. The number of aryl methyl sites for hydroxylation is 1. The van der Waals surface area contributed by atoms with Gasteiger partial charge in [0, 0.05) is 4.98 Å². The molecular formula is C17H19BF4N4O2. The van der Waals surface area contributed by atoms with Gasteiger partial charge in [0.1, 0.15) is 0 Å². The van der Waals surface area contributed by atoms with Gasteiger partial charge in [-0.05, 0) is 34.4 Å². The minimum Gasteiger partial charge on any atom is -0.464 e. The van der Waals surface area contributed by atoms with Gasteiger partial charge in [0.2, 0.25) is 12.0 Å². The molecule has 150 valence electrons. The number of hydrogen-bond donors (Lipinski definition) is 0. The van der Waals surface area contributed by atoms with Crippen molar-refractivity contribution in [3.63, 3.8) is 0 Å². The molecule has 28 heavy (non-hydrogen) atoms. The Morgan fingerprint density at radius 3 is 2.50 bits per heavy atom. The van der Waals surface area contributed by atoms with Gasteiger partial charge in [-0.15, -0.1) is 0 Å². The van der Waals surface area contributed by atoms with Gasteiger partial charge in [0.25, 0.3) is 0 Å². The molecule has 0 radical (unpaired) electrons. The number of diazo groups is 1. The highest BCUT2D eigenvalue weighted by molar-refractivity contribution is 6.50. The number of nitrogens with zero attached hydrogens (tertiary/aromatic N) is 4. The molecule has 0 bridgehead atoms. The molecule has 1 atom stereocenters. The van der Waals surface area contributed by atoms with Crippen molar-refractivity contribution >= 4 is 19.0 Å². The fourth-order valence-corrected chi connectivity index (χ4v) is 3.48. The summed E-state index contributed by atoms with van der Waals surface area (Å²) >= 11 is 0. The summed E-state index contributed by atoms with van der Waals surface area (Å²) in [5.74, 6) is -0.579. The molecule has 1 heterocycles. The van der Waals surface area contributed by atoms with E-state index in [4.69, 9.17) is 10.1 Å². The normalized spacial score (nSPS) is 17.6. The van der Waals surface area contributed by atoms with Crippen LogP contribution in [-0.2, 0) is 11.2 Å². The zero-order valence-electron chi connectivity index (χ0n) is 15.6. The number of imidazole rings is 1. The maximum Gasteiger partial charge on any atom is 0.673 e. The van der Waals surface area contributed by atoms with Gasteiger partial charge in [0.05, 0.1) is 18.5 Å². The summed E-state index contributed by atoms with van der Waals surface area (Å²) in [6, 6.07) is 8.14. The molecule has 3 rings (SSSR count). The first-order valence-electron chi connectivity index (χ1n) is 8.45. The molecule has 1 unspecified atom stereocenters. The van der Waals surface area contributed by atoms with Crippen LogP contribution in [0.1, 0.15) is 47.9 Å². The van der Waals surface area contributed by atoms with E-state index in [1.54, 1.807) is 10.9 Å². The van der Waals surface area contributed by atoms with E-state index in [1.165, 1.54) is 12.7 Å². The molecule has 0 saturated heterocycles. The number of methoxy groups -OCH3 is 1. The molecule has 0 spiro atoms. The first kappa shape index (κ1) is 21.4. The van der Waals surface area contributed by atoms with Crippen LogP contribution in [0.2, 0.25) is 0 Å². The second-order valence-corrected chi connectivity index (χ2v) is 7.00. The van der Waals surface area contributed by atoms with Gasteiger partial charge in [-0.2, -0.15) is 0 Å². The molecule has 0 saturated carbocycles. The average Bonchev–Trinajstić information content (AvgIpc) is 3.02. The quantitative estimate of drug-likeness (QED) is 0.308. The van der Waals surface area contributed by atoms with Crippen molar-refractivity contribution in [2.45, 2.75) is 32.7 Å². The van der Waals surface area contributed by atoms with Gasteiger partial charge in [-0.1, -0.05) is 38.1 Å². The fourth-order valence-electron chi connectivity index (χ4n) is 3.48. The fraction of sp³-hybridized carbons (Fsp3) is 0.412. The van der Waals surface area contributed by atoms with Crippen LogP contribution in [0.4, 0.5) is 23.1 Å². The Bertz CT molecular complexity index is 899. The molecule has 1 aliphatic carbocycles. The van der Waals surface area contributed by atoms with Crippen molar-refractivity contribution in [3.05, 3.63) is 52.4 Å². The molecule has 6 nitrogen and oxygen atoms in total. The minimum absolute atomic E-state index is 0.0179. The van der Waals surface area contributed by atoms with E-state index in [1.807, 2.05) is 12.1 Å². The first-order chi connectivity index (χ1) is 13.0. The molecule has 2 aromatic rings. The van der Waals surface area contributed by atoms with Gasteiger partial charge in [-0.3, -0.25) is 4.57 Å². The Labute approximate surface area is 159 Å². The zero-order valence-corrected chi connectivity index (χ0v) is 15.6. The Balaban J connectivity index is 0.000000500. The van der Waals surface area contributed by atoms with Crippen LogP contribution >= 0.6 is 0 Å². The third-order valence-electron chi connectivity index (χ3n) is 4.65. The number of esters is 1. The topological polar surface area (TPSA) is 72.3 Å². The smallest absolute Gasteiger partial charge is 0.464 e. The van der Waals surface area contributed by atoms with E-state index >= 15 is 0 Å². The third kappa shape index (κ3) is 4.68. The molecule has 1 aromatic heterocycles. The maximum atomic E-state index is 12.2. The van der Waals surface area contributed by atoms with Gasteiger partial charge in [-0.25, -0.2) is 4.79 Å². The summed E-state index contributed by atoms with van der Waals surface area (Å²) in [4.78, 5) is 19.4. The number of fused-ring (bicyclic) bond motifs is 1. The van der Waals surface area contributed by atoms with Crippen molar-refractivity contribution in [1.29, 1.82) is 5.39 Å². The van der Waals surface area contributed by atoms with Crippen LogP contribution in [0.3, 0.4) is 0 Å². The van der Waals surface area contributed by atoms with Gasteiger partial charge in [0.15, 0.2) is 0 Å². The molecule has 11 heteroatoms. The molecule has 0 aliphatic heterocycles. The van der Waals surface area contributed by atoms with E-state index in [0.717, 1.165) is 18.4 Å². The number of benzene rings is 1. The van der Waals surface area contributed by atoms with E-state index in [-0.39, 0.29) is 23.0 Å². The number of ether oxygens (including phenoxy) is 1. The van der Waals surface area contributed by atoms with Crippen molar-refractivity contribution < 1.29 is 26.8 Å². The largest absolute Gasteiger partial charge is 0.673 e. The molecule has 0 amide bonds. The highest BCUT2D eigenvalue weighted by atomic mass is 19.5. The van der Waals surface area contributed by atoms with Crippen LogP contribution in [0.15, 0.2) is 30.6 Å². The predicted octanol–water partition coefficient (Wildman–Crippen LogP) is 5.02. The number of hydrogen-bond acceptors (Lipinski definition) is 4. The lowest BCUT2D eigenvalue weighted by Gasteiger charge is -2.40. The van der Waals surface area contributed by atoms with E-state index in [0.29, 0.717) is 0 Å². The molecule has 1 aliphatic rings. The standard InChI is InChI=1S/C17H19N4O2.BF4/c1-17(2)9-8-11-6-4-5-7-12(11)14(17)21-10-19-15(20-18)13(21)16(22)23-3;2-1(3,4)5/h4-7,10,14H,8-9H2,1-3H3;/q+1;-1. The lowest BCUT2D eigenvalue weighted by Crippen LogP contribution is -2.34. The number of aromatic nitrogens is 2. The van der Waals surface area contributed by atoms with Crippen LogP contribution in [-0.4, -0.2) is 29.9 Å². The first-order valence-corrected chi connectivity index (χ1v) is 8.45. The molecular weight excluding hydrogens is 379 g/mol. The summed E-state index contributed by atoms with van der Waals surface area (Å²) in [7, 11) is -4.69. The number of halogens is 4. The minimum atomic E-state index is -6.00. The summed E-state index contributed by atoms with van der Waals surface area (Å²) in [5, 5.41) is 9.14.